The van der Waals surface area contributed by atoms with Crippen LogP contribution in [0.1, 0.15) is 18.9 Å². The number of ether oxygens (including phenoxy) is 1. The first-order valence-electron chi connectivity index (χ1n) is 11.8. The van der Waals surface area contributed by atoms with E-state index in [0.717, 1.165) is 4.31 Å². The van der Waals surface area contributed by atoms with E-state index in [0.29, 0.717) is 17.7 Å². The molecule has 11 heteroatoms. The van der Waals surface area contributed by atoms with Gasteiger partial charge in [0.15, 0.2) is 0 Å². The fourth-order valence-electron chi connectivity index (χ4n) is 3.94. The number of carbonyl (C=O) groups excluding carboxylic acids is 2. The summed E-state index contributed by atoms with van der Waals surface area (Å²) in [5, 5.41) is 2.97. The molecule has 0 aromatic heterocycles. The Morgan fingerprint density at radius 2 is 1.68 bits per heavy atom. The number of methoxy groups -OCH3 is 1. The maximum absolute atomic E-state index is 13.9. The van der Waals surface area contributed by atoms with E-state index in [4.69, 9.17) is 27.9 Å². The third-order valence-electron chi connectivity index (χ3n) is 5.92. The van der Waals surface area contributed by atoms with Gasteiger partial charge in [0.2, 0.25) is 11.8 Å². The lowest BCUT2D eigenvalue weighted by molar-refractivity contribution is -0.140. The summed E-state index contributed by atoms with van der Waals surface area (Å²) in [7, 11) is -1.17. The molecule has 38 heavy (non-hydrogen) atoms. The molecular weight excluding hydrogens is 549 g/mol. The van der Waals surface area contributed by atoms with E-state index < -0.39 is 28.5 Å². The Labute approximate surface area is 233 Å². The van der Waals surface area contributed by atoms with E-state index in [1.807, 2.05) is 0 Å². The third-order valence-corrected chi connectivity index (χ3v) is 8.45. The Bertz CT molecular complexity index is 1390. The van der Waals surface area contributed by atoms with Crippen molar-refractivity contribution in [2.75, 3.05) is 25.0 Å². The number of halogens is 2. The monoisotopic (exact) mass is 577 g/mol. The lowest BCUT2D eigenvalue weighted by Gasteiger charge is -2.33. The highest BCUT2D eigenvalue weighted by atomic mass is 35.5. The molecule has 0 spiro atoms. The SMILES string of the molecule is CCC(C(=O)NC)N(Cc1cccc(OC)c1)C(=O)CN(c1ccc(Cl)c(Cl)c1)S(=O)(=O)c1ccccc1. The number of amides is 2. The molecule has 0 saturated carbocycles. The highest BCUT2D eigenvalue weighted by molar-refractivity contribution is 7.92. The van der Waals surface area contributed by atoms with Gasteiger partial charge in [-0.05, 0) is 54.4 Å². The molecule has 3 aromatic carbocycles. The highest BCUT2D eigenvalue weighted by Crippen LogP contribution is 2.31. The smallest absolute Gasteiger partial charge is 0.264 e. The molecule has 0 heterocycles. The van der Waals surface area contributed by atoms with E-state index in [9.17, 15) is 18.0 Å². The topological polar surface area (TPSA) is 96.0 Å². The van der Waals surface area contributed by atoms with Crippen molar-refractivity contribution < 1.29 is 22.7 Å². The van der Waals surface area contributed by atoms with E-state index in [-0.39, 0.29) is 33.1 Å². The van der Waals surface area contributed by atoms with Crippen LogP contribution < -0.4 is 14.4 Å². The lowest BCUT2D eigenvalue weighted by atomic mass is 10.1. The molecular formula is C27H29Cl2N3O5S. The maximum Gasteiger partial charge on any atom is 0.264 e. The number of nitrogens with one attached hydrogen (secondary N) is 1. The predicted molar refractivity (Wildman–Crippen MR) is 149 cm³/mol. The van der Waals surface area contributed by atoms with E-state index in [2.05, 4.69) is 5.32 Å². The van der Waals surface area contributed by atoms with Gasteiger partial charge in [-0.25, -0.2) is 8.42 Å². The van der Waals surface area contributed by atoms with Gasteiger partial charge in [0.05, 0.1) is 27.7 Å². The molecule has 0 aliphatic carbocycles. The number of sulfonamides is 1. The molecule has 0 radical (unpaired) electrons. The van der Waals surface area contributed by atoms with Crippen LogP contribution in [0.25, 0.3) is 0 Å². The molecule has 202 valence electrons. The molecule has 0 fully saturated rings. The Balaban J connectivity index is 2.07. The molecule has 0 bridgehead atoms. The summed E-state index contributed by atoms with van der Waals surface area (Å²) >= 11 is 12.3. The number of rotatable bonds is 11. The second-order valence-electron chi connectivity index (χ2n) is 8.33. The Morgan fingerprint density at radius 1 is 0.974 bits per heavy atom. The largest absolute Gasteiger partial charge is 0.497 e. The molecule has 1 unspecified atom stereocenters. The van der Waals surface area contributed by atoms with Gasteiger partial charge in [-0.3, -0.25) is 13.9 Å². The summed E-state index contributed by atoms with van der Waals surface area (Å²) < 4.78 is 33.8. The molecule has 3 rings (SSSR count). The first kappa shape index (κ1) is 29.3. The summed E-state index contributed by atoms with van der Waals surface area (Å²) in [6.07, 6.45) is 0.313. The van der Waals surface area contributed by atoms with Crippen LogP contribution in [0.3, 0.4) is 0 Å². The number of nitrogens with zero attached hydrogens (tertiary/aromatic N) is 2. The van der Waals surface area contributed by atoms with Crippen LogP contribution in [0.15, 0.2) is 77.7 Å². The van der Waals surface area contributed by atoms with Crippen LogP contribution in [0.2, 0.25) is 10.0 Å². The van der Waals surface area contributed by atoms with Crippen LogP contribution >= 0.6 is 23.2 Å². The average molecular weight is 579 g/mol. The van der Waals surface area contributed by atoms with E-state index in [1.165, 1.54) is 49.4 Å². The zero-order valence-corrected chi connectivity index (χ0v) is 23.6. The van der Waals surface area contributed by atoms with Gasteiger partial charge >= 0.3 is 0 Å². The minimum atomic E-state index is -4.19. The van der Waals surface area contributed by atoms with Crippen LogP contribution in [0.5, 0.6) is 5.75 Å². The summed E-state index contributed by atoms with van der Waals surface area (Å²) in [6, 6.07) is 18.4. The molecule has 3 aromatic rings. The minimum absolute atomic E-state index is 0.00318. The van der Waals surface area contributed by atoms with Crippen LogP contribution in [0, 0.1) is 0 Å². The van der Waals surface area contributed by atoms with Gasteiger partial charge in [0.1, 0.15) is 18.3 Å². The fourth-order valence-corrected chi connectivity index (χ4v) is 5.66. The number of hydrogen-bond donors (Lipinski definition) is 1. The quantitative estimate of drug-likeness (QED) is 0.354. The number of likely N-dealkylation sites (N-methyl/N-ethyl adjacent to an activating group) is 1. The van der Waals surface area contributed by atoms with Crippen LogP contribution in [-0.4, -0.2) is 51.9 Å². The molecule has 0 saturated heterocycles. The van der Waals surface area contributed by atoms with Crippen molar-refractivity contribution in [1.29, 1.82) is 0 Å². The summed E-state index contributed by atoms with van der Waals surface area (Å²) in [6.45, 7) is 1.26. The normalized spacial score (nSPS) is 11.9. The Kier molecular flexibility index (Phi) is 10.0. The fraction of sp³-hybridized carbons (Fsp3) is 0.259. The van der Waals surface area contributed by atoms with Gasteiger partial charge in [0.25, 0.3) is 10.0 Å². The minimum Gasteiger partial charge on any atom is -0.497 e. The number of benzene rings is 3. The highest BCUT2D eigenvalue weighted by Gasteiger charge is 2.33. The summed E-state index contributed by atoms with van der Waals surface area (Å²) in [5.41, 5.74) is 0.873. The zero-order chi connectivity index (χ0) is 27.9. The van der Waals surface area contributed by atoms with Crippen molar-refractivity contribution in [3.63, 3.8) is 0 Å². The van der Waals surface area contributed by atoms with E-state index in [1.54, 1.807) is 49.4 Å². The molecule has 8 nitrogen and oxygen atoms in total. The number of hydrogen-bond acceptors (Lipinski definition) is 5. The number of carbonyl (C=O) groups is 2. The van der Waals surface area contributed by atoms with Crippen molar-refractivity contribution >= 4 is 50.7 Å². The van der Waals surface area contributed by atoms with Crippen molar-refractivity contribution in [3.8, 4) is 5.75 Å². The molecule has 0 aliphatic rings. The third kappa shape index (κ3) is 6.78. The van der Waals surface area contributed by atoms with E-state index >= 15 is 0 Å². The molecule has 1 N–H and O–H groups in total. The van der Waals surface area contributed by atoms with Crippen molar-refractivity contribution in [2.24, 2.45) is 0 Å². The first-order valence-corrected chi connectivity index (χ1v) is 14.0. The Morgan fingerprint density at radius 3 is 2.29 bits per heavy atom. The van der Waals surface area contributed by atoms with Gasteiger partial charge in [0, 0.05) is 13.6 Å². The summed E-state index contributed by atoms with van der Waals surface area (Å²) in [4.78, 5) is 28.0. The first-order chi connectivity index (χ1) is 18.1. The standard InChI is InChI=1S/C27H29Cl2N3O5S/c1-4-25(27(34)30-2)31(17-19-9-8-10-21(15-19)37-3)26(33)18-32(20-13-14-23(28)24(29)16-20)38(35,36)22-11-6-5-7-12-22/h5-16,25H,4,17-18H2,1-3H3,(H,30,34). The molecule has 1 atom stereocenters. The van der Waals surface area contributed by atoms with Gasteiger partial charge in [-0.2, -0.15) is 0 Å². The average Bonchev–Trinajstić information content (AvgIpc) is 2.93. The van der Waals surface area contributed by atoms with Crippen molar-refractivity contribution in [2.45, 2.75) is 30.8 Å². The van der Waals surface area contributed by atoms with Gasteiger partial charge in [-0.1, -0.05) is 60.5 Å². The second-order valence-corrected chi connectivity index (χ2v) is 11.0. The molecule has 2 amide bonds. The van der Waals surface area contributed by atoms with Crippen molar-refractivity contribution in [1.82, 2.24) is 10.2 Å². The molecule has 0 aliphatic heterocycles. The predicted octanol–water partition coefficient (Wildman–Crippen LogP) is 4.75. The van der Waals surface area contributed by atoms with Crippen LogP contribution in [0.4, 0.5) is 5.69 Å². The number of anilines is 1. The van der Waals surface area contributed by atoms with Gasteiger partial charge in [-0.15, -0.1) is 0 Å². The maximum atomic E-state index is 13.9. The van der Waals surface area contributed by atoms with Crippen LogP contribution in [-0.2, 0) is 26.2 Å². The zero-order valence-electron chi connectivity index (χ0n) is 21.2. The lowest BCUT2D eigenvalue weighted by Crippen LogP contribution is -2.51. The second kappa shape index (κ2) is 13.0. The summed E-state index contributed by atoms with van der Waals surface area (Å²) in [5.74, 6) is -0.350. The Hall–Kier alpha value is -3.27. The van der Waals surface area contributed by atoms with Crippen molar-refractivity contribution in [3.05, 3.63) is 88.4 Å². The van der Waals surface area contributed by atoms with Gasteiger partial charge < -0.3 is 15.0 Å².